The second-order valence-electron chi connectivity index (χ2n) is 3.97. The van der Waals surface area contributed by atoms with Gasteiger partial charge in [0.15, 0.2) is 0 Å². The Kier molecular flexibility index (Phi) is 8.35. The van der Waals surface area contributed by atoms with Crippen molar-refractivity contribution in [2.45, 2.75) is 26.3 Å². The van der Waals surface area contributed by atoms with Gasteiger partial charge in [-0.1, -0.05) is 20.3 Å². The van der Waals surface area contributed by atoms with Gasteiger partial charge in [0.1, 0.15) is 0 Å². The first-order chi connectivity index (χ1) is 8.02. The summed E-state index contributed by atoms with van der Waals surface area (Å²) in [5.74, 6) is -0.431. The van der Waals surface area contributed by atoms with E-state index in [9.17, 15) is 9.59 Å². The van der Waals surface area contributed by atoms with Crippen LogP contribution in [0.15, 0.2) is 0 Å². The lowest BCUT2D eigenvalue weighted by molar-refractivity contribution is -0.127. The van der Waals surface area contributed by atoms with Crippen LogP contribution in [0.1, 0.15) is 20.3 Å². The third-order valence-corrected chi connectivity index (χ3v) is 2.61. The molecule has 4 N–H and O–H groups in total. The Morgan fingerprint density at radius 1 is 1.35 bits per heavy atom. The number of amides is 2. The van der Waals surface area contributed by atoms with E-state index in [-0.39, 0.29) is 24.3 Å². The number of hydrogen-bond acceptors (Lipinski definition) is 4. The zero-order valence-corrected chi connectivity index (χ0v) is 10.8. The maximum absolute atomic E-state index is 11.5. The molecular weight excluding hydrogens is 222 g/mol. The first-order valence-electron chi connectivity index (χ1n) is 5.81. The fourth-order valence-corrected chi connectivity index (χ4v) is 1.15. The zero-order chi connectivity index (χ0) is 13.3. The van der Waals surface area contributed by atoms with Crippen LogP contribution < -0.4 is 16.4 Å². The Bertz CT molecular complexity index is 246. The van der Waals surface area contributed by atoms with Crippen molar-refractivity contribution in [3.63, 3.8) is 0 Å². The van der Waals surface area contributed by atoms with Crippen LogP contribution in [0.3, 0.4) is 0 Å². The molecule has 17 heavy (non-hydrogen) atoms. The average Bonchev–Trinajstić information content (AvgIpc) is 2.34. The molecule has 0 aliphatic carbocycles. The Labute approximate surface area is 102 Å². The number of methoxy groups -OCH3 is 1. The average molecular weight is 245 g/mol. The Morgan fingerprint density at radius 3 is 2.53 bits per heavy atom. The highest BCUT2D eigenvalue weighted by molar-refractivity contribution is 5.87. The first-order valence-corrected chi connectivity index (χ1v) is 5.81. The molecule has 0 saturated carbocycles. The van der Waals surface area contributed by atoms with E-state index in [1.165, 1.54) is 0 Å². The van der Waals surface area contributed by atoms with E-state index >= 15 is 0 Å². The number of nitrogens with two attached hydrogens (primary N) is 1. The molecule has 6 nitrogen and oxygen atoms in total. The second-order valence-corrected chi connectivity index (χ2v) is 3.97. The summed E-state index contributed by atoms with van der Waals surface area (Å²) in [6, 6.07) is -0.563. The molecule has 0 rings (SSSR count). The number of hydrogen-bond donors (Lipinski definition) is 3. The minimum Gasteiger partial charge on any atom is -0.383 e. The summed E-state index contributed by atoms with van der Waals surface area (Å²) in [7, 11) is 1.55. The van der Waals surface area contributed by atoms with E-state index in [0.29, 0.717) is 13.2 Å². The summed E-state index contributed by atoms with van der Waals surface area (Å²) in [5, 5.41) is 5.11. The summed E-state index contributed by atoms with van der Waals surface area (Å²) in [6.07, 6.45) is 0.828. The molecular formula is C11H23N3O3. The van der Waals surface area contributed by atoms with Gasteiger partial charge in [-0.25, -0.2) is 0 Å². The van der Waals surface area contributed by atoms with Gasteiger partial charge in [0, 0.05) is 13.7 Å². The van der Waals surface area contributed by atoms with Crippen molar-refractivity contribution in [1.82, 2.24) is 10.6 Å². The highest BCUT2D eigenvalue weighted by Gasteiger charge is 2.19. The van der Waals surface area contributed by atoms with E-state index in [2.05, 4.69) is 10.6 Å². The van der Waals surface area contributed by atoms with Gasteiger partial charge in [-0.15, -0.1) is 0 Å². The number of carbonyl (C=O) groups is 2. The summed E-state index contributed by atoms with van der Waals surface area (Å²) in [4.78, 5) is 22.8. The van der Waals surface area contributed by atoms with Crippen molar-refractivity contribution in [2.24, 2.45) is 11.7 Å². The standard InChI is InChI=1S/C11H23N3O3/c1-4-8(2)10(12)11(16)14-7-9(15)13-5-6-17-3/h8,10H,4-7,12H2,1-3H3,(H,13,15)(H,14,16). The molecule has 0 spiro atoms. The summed E-state index contributed by atoms with van der Waals surface area (Å²) in [6.45, 7) is 4.71. The predicted octanol–water partition coefficient (Wildman–Crippen LogP) is -0.761. The minimum atomic E-state index is -0.563. The minimum absolute atomic E-state index is 0.0489. The number of carbonyl (C=O) groups excluding carboxylic acids is 2. The molecule has 0 fully saturated rings. The van der Waals surface area contributed by atoms with Crippen molar-refractivity contribution in [1.29, 1.82) is 0 Å². The lowest BCUT2D eigenvalue weighted by Crippen LogP contribution is -2.47. The van der Waals surface area contributed by atoms with Gasteiger partial charge in [-0.3, -0.25) is 9.59 Å². The van der Waals surface area contributed by atoms with E-state index in [0.717, 1.165) is 6.42 Å². The second kappa shape index (κ2) is 8.95. The van der Waals surface area contributed by atoms with E-state index in [1.54, 1.807) is 7.11 Å². The molecule has 2 unspecified atom stereocenters. The molecule has 0 aliphatic rings. The van der Waals surface area contributed by atoms with Gasteiger partial charge in [0.05, 0.1) is 19.2 Å². The van der Waals surface area contributed by atoms with E-state index in [1.807, 2.05) is 13.8 Å². The highest BCUT2D eigenvalue weighted by atomic mass is 16.5. The monoisotopic (exact) mass is 245 g/mol. The molecule has 0 aliphatic heterocycles. The molecule has 2 atom stereocenters. The lowest BCUT2D eigenvalue weighted by Gasteiger charge is -2.17. The lowest BCUT2D eigenvalue weighted by atomic mass is 9.99. The van der Waals surface area contributed by atoms with Gasteiger partial charge in [-0.2, -0.15) is 0 Å². The number of nitrogens with one attached hydrogen (secondary N) is 2. The van der Waals surface area contributed by atoms with Crippen LogP contribution in [0, 0.1) is 5.92 Å². The van der Waals surface area contributed by atoms with Crippen LogP contribution in [0.4, 0.5) is 0 Å². The Morgan fingerprint density at radius 2 is 2.00 bits per heavy atom. The Hall–Kier alpha value is -1.14. The Balaban J connectivity index is 3.79. The molecule has 0 radical (unpaired) electrons. The molecule has 0 aromatic carbocycles. The molecule has 0 heterocycles. The fraction of sp³-hybridized carbons (Fsp3) is 0.818. The normalized spacial score (nSPS) is 13.9. The largest absolute Gasteiger partial charge is 0.383 e. The smallest absolute Gasteiger partial charge is 0.239 e. The quantitative estimate of drug-likeness (QED) is 0.490. The highest BCUT2D eigenvalue weighted by Crippen LogP contribution is 2.04. The maximum atomic E-state index is 11.5. The fourth-order valence-electron chi connectivity index (χ4n) is 1.15. The van der Waals surface area contributed by atoms with E-state index < -0.39 is 6.04 Å². The number of ether oxygens (including phenoxy) is 1. The van der Waals surface area contributed by atoms with Crippen molar-refractivity contribution < 1.29 is 14.3 Å². The van der Waals surface area contributed by atoms with E-state index in [4.69, 9.17) is 10.5 Å². The molecule has 0 aromatic heterocycles. The first kappa shape index (κ1) is 15.9. The zero-order valence-electron chi connectivity index (χ0n) is 10.8. The third-order valence-electron chi connectivity index (χ3n) is 2.61. The maximum Gasteiger partial charge on any atom is 0.239 e. The van der Waals surface area contributed by atoms with Crippen molar-refractivity contribution in [3.8, 4) is 0 Å². The van der Waals surface area contributed by atoms with Gasteiger partial charge < -0.3 is 21.1 Å². The SMILES string of the molecule is CCC(C)C(N)C(=O)NCC(=O)NCCOC. The van der Waals surface area contributed by atoms with Crippen LogP contribution in [-0.2, 0) is 14.3 Å². The molecule has 6 heteroatoms. The summed E-state index contributed by atoms with van der Waals surface area (Å²) < 4.78 is 4.78. The molecule has 0 bridgehead atoms. The van der Waals surface area contributed by atoms with Gasteiger partial charge in [0.25, 0.3) is 0 Å². The summed E-state index contributed by atoms with van der Waals surface area (Å²) >= 11 is 0. The van der Waals surface area contributed by atoms with Gasteiger partial charge in [0.2, 0.25) is 11.8 Å². The van der Waals surface area contributed by atoms with Crippen LogP contribution >= 0.6 is 0 Å². The third kappa shape index (κ3) is 6.91. The molecule has 0 aromatic rings. The van der Waals surface area contributed by atoms with Gasteiger partial charge >= 0.3 is 0 Å². The van der Waals surface area contributed by atoms with Crippen LogP contribution in [0.2, 0.25) is 0 Å². The predicted molar refractivity (Wildman–Crippen MR) is 65.3 cm³/mol. The number of rotatable bonds is 8. The van der Waals surface area contributed by atoms with Crippen LogP contribution in [0.25, 0.3) is 0 Å². The van der Waals surface area contributed by atoms with Crippen LogP contribution in [-0.4, -0.2) is 44.7 Å². The summed E-state index contributed by atoms with van der Waals surface area (Å²) in [5.41, 5.74) is 5.72. The molecule has 100 valence electrons. The van der Waals surface area contributed by atoms with Crippen molar-refractivity contribution in [2.75, 3.05) is 26.8 Å². The van der Waals surface area contributed by atoms with Gasteiger partial charge in [-0.05, 0) is 5.92 Å². The van der Waals surface area contributed by atoms with Crippen LogP contribution in [0.5, 0.6) is 0 Å². The van der Waals surface area contributed by atoms with Crippen molar-refractivity contribution >= 4 is 11.8 Å². The van der Waals surface area contributed by atoms with Crippen molar-refractivity contribution in [3.05, 3.63) is 0 Å². The molecule has 0 saturated heterocycles. The topological polar surface area (TPSA) is 93.5 Å². The molecule has 2 amide bonds.